The summed E-state index contributed by atoms with van der Waals surface area (Å²) in [6.45, 7) is 5.29. The van der Waals surface area contributed by atoms with E-state index in [1.807, 2.05) is 31.2 Å². The molecule has 5 heteroatoms. The van der Waals surface area contributed by atoms with Gasteiger partial charge in [0.1, 0.15) is 12.4 Å². The molecule has 3 nitrogen and oxygen atoms in total. The van der Waals surface area contributed by atoms with Gasteiger partial charge in [-0.1, -0.05) is 38.8 Å². The molecule has 0 radical (unpaired) electrons. The Morgan fingerprint density at radius 3 is 2.40 bits per heavy atom. The van der Waals surface area contributed by atoms with Gasteiger partial charge in [0.15, 0.2) is 11.6 Å². The van der Waals surface area contributed by atoms with Gasteiger partial charge in [-0.05, 0) is 55.5 Å². The van der Waals surface area contributed by atoms with Crippen molar-refractivity contribution >= 4 is 0 Å². The maximum absolute atomic E-state index is 14.3. The van der Waals surface area contributed by atoms with Crippen molar-refractivity contribution in [2.24, 2.45) is 0 Å². The summed E-state index contributed by atoms with van der Waals surface area (Å²) in [6.07, 6.45) is 6.63. The summed E-state index contributed by atoms with van der Waals surface area (Å²) in [4.78, 5) is 0. The second-order valence-electron chi connectivity index (χ2n) is 7.93. The predicted molar refractivity (Wildman–Crippen MR) is 114 cm³/mol. The first-order valence-corrected chi connectivity index (χ1v) is 11.1. The van der Waals surface area contributed by atoms with Gasteiger partial charge >= 0.3 is 0 Å². The topological polar surface area (TPSA) is 27.7 Å². The van der Waals surface area contributed by atoms with Gasteiger partial charge in [-0.15, -0.1) is 0 Å². The van der Waals surface area contributed by atoms with Crippen molar-refractivity contribution in [1.82, 2.24) is 0 Å². The highest BCUT2D eigenvalue weighted by Crippen LogP contribution is 2.31. The van der Waals surface area contributed by atoms with Crippen molar-refractivity contribution in [2.75, 3.05) is 13.2 Å². The lowest BCUT2D eigenvalue weighted by Crippen LogP contribution is -2.24. The van der Waals surface area contributed by atoms with Crippen LogP contribution in [-0.2, 0) is 11.3 Å². The lowest BCUT2D eigenvalue weighted by Gasteiger charge is -2.29. The van der Waals surface area contributed by atoms with Crippen LogP contribution in [0.4, 0.5) is 8.78 Å². The van der Waals surface area contributed by atoms with E-state index in [9.17, 15) is 8.78 Å². The molecule has 30 heavy (non-hydrogen) atoms. The molecule has 0 spiro atoms. The quantitative estimate of drug-likeness (QED) is 0.398. The fourth-order valence-electron chi connectivity index (χ4n) is 3.74. The highest BCUT2D eigenvalue weighted by atomic mass is 19.2. The summed E-state index contributed by atoms with van der Waals surface area (Å²) >= 11 is 0. The zero-order valence-corrected chi connectivity index (χ0v) is 18.0. The summed E-state index contributed by atoms with van der Waals surface area (Å²) in [5.41, 5.74) is 1.39. The Bertz CT molecular complexity index is 784. The molecule has 0 amide bonds. The van der Waals surface area contributed by atoms with Crippen molar-refractivity contribution < 1.29 is 23.0 Å². The molecular formula is C25H32F2O3. The van der Waals surface area contributed by atoms with Crippen LogP contribution in [0.2, 0.25) is 0 Å². The second-order valence-corrected chi connectivity index (χ2v) is 7.93. The number of unbranched alkanes of at least 4 members (excludes halogenated alkanes) is 1. The van der Waals surface area contributed by atoms with Gasteiger partial charge in [-0.2, -0.15) is 4.39 Å². The van der Waals surface area contributed by atoms with Crippen molar-refractivity contribution in [3.8, 4) is 11.5 Å². The molecule has 2 aromatic rings. The number of hydrogen-bond donors (Lipinski definition) is 0. The van der Waals surface area contributed by atoms with E-state index in [-0.39, 0.29) is 17.9 Å². The number of benzene rings is 2. The molecule has 1 saturated heterocycles. The van der Waals surface area contributed by atoms with Crippen LogP contribution in [0.1, 0.15) is 69.4 Å². The number of ether oxygens (including phenoxy) is 3. The van der Waals surface area contributed by atoms with Crippen LogP contribution in [0.5, 0.6) is 11.5 Å². The van der Waals surface area contributed by atoms with Gasteiger partial charge < -0.3 is 14.2 Å². The van der Waals surface area contributed by atoms with Crippen molar-refractivity contribution in [3.05, 3.63) is 59.2 Å². The first-order valence-electron chi connectivity index (χ1n) is 11.1. The molecule has 2 atom stereocenters. The minimum absolute atomic E-state index is 0.0391. The molecule has 0 aromatic heterocycles. The fourth-order valence-corrected chi connectivity index (χ4v) is 3.74. The molecule has 1 aliphatic rings. The second kappa shape index (κ2) is 11.3. The molecule has 0 bridgehead atoms. The summed E-state index contributed by atoms with van der Waals surface area (Å²) in [5.74, 6) is -0.894. The van der Waals surface area contributed by atoms with Crippen molar-refractivity contribution in [2.45, 2.75) is 71.0 Å². The predicted octanol–water partition coefficient (Wildman–Crippen LogP) is 6.79. The Morgan fingerprint density at radius 1 is 0.933 bits per heavy atom. The van der Waals surface area contributed by atoms with Crippen LogP contribution in [0, 0.1) is 11.6 Å². The average molecular weight is 419 g/mol. The largest absolute Gasteiger partial charge is 0.490 e. The van der Waals surface area contributed by atoms with Crippen LogP contribution in [0.3, 0.4) is 0 Å². The summed E-state index contributed by atoms with van der Waals surface area (Å²) in [7, 11) is 0. The molecule has 1 heterocycles. The van der Waals surface area contributed by atoms with E-state index in [1.54, 1.807) is 0 Å². The molecule has 164 valence electrons. The van der Waals surface area contributed by atoms with E-state index in [1.165, 1.54) is 17.7 Å². The summed E-state index contributed by atoms with van der Waals surface area (Å²) in [5, 5.41) is 0. The molecule has 3 rings (SSSR count). The third-order valence-corrected chi connectivity index (χ3v) is 5.61. The van der Waals surface area contributed by atoms with Crippen molar-refractivity contribution in [3.63, 3.8) is 0 Å². The Kier molecular flexibility index (Phi) is 8.50. The molecular weight excluding hydrogens is 386 g/mol. The standard InChI is InChI=1S/C25H32F2O3/c1-3-5-15-28-23-14-10-20(24(26)25(23)27)17-30-22-11-7-18(8-12-22)19-9-13-21(6-4-2)29-16-19/h7-8,10-12,14,19,21H,3-6,9,13,15-17H2,1-2H3. The van der Waals surface area contributed by atoms with E-state index in [4.69, 9.17) is 14.2 Å². The third-order valence-electron chi connectivity index (χ3n) is 5.61. The summed E-state index contributed by atoms with van der Waals surface area (Å²) in [6, 6.07) is 10.8. The average Bonchev–Trinajstić information content (AvgIpc) is 2.77. The normalized spacial score (nSPS) is 18.9. The maximum atomic E-state index is 14.3. The molecule has 2 unspecified atom stereocenters. The highest BCUT2D eigenvalue weighted by Gasteiger charge is 2.22. The lowest BCUT2D eigenvalue weighted by atomic mass is 9.90. The Morgan fingerprint density at radius 2 is 1.73 bits per heavy atom. The molecule has 1 fully saturated rings. The zero-order chi connectivity index (χ0) is 21.3. The van der Waals surface area contributed by atoms with Gasteiger partial charge in [0.05, 0.1) is 19.3 Å². The van der Waals surface area contributed by atoms with E-state index >= 15 is 0 Å². The van der Waals surface area contributed by atoms with Crippen LogP contribution in [0.15, 0.2) is 36.4 Å². The Balaban J connectivity index is 1.53. The summed E-state index contributed by atoms with van der Waals surface area (Å²) < 4.78 is 45.4. The molecule has 0 aliphatic carbocycles. The van der Waals surface area contributed by atoms with Gasteiger partial charge in [-0.25, -0.2) is 4.39 Å². The molecule has 0 N–H and O–H groups in total. The van der Waals surface area contributed by atoms with Gasteiger partial charge in [0, 0.05) is 11.5 Å². The SMILES string of the molecule is CCCCOc1ccc(COc2ccc(C3CCC(CCC)OC3)cc2)c(F)c1F. The molecule has 0 saturated carbocycles. The number of hydrogen-bond acceptors (Lipinski definition) is 3. The highest BCUT2D eigenvalue weighted by molar-refractivity contribution is 5.33. The van der Waals surface area contributed by atoms with Crippen LogP contribution >= 0.6 is 0 Å². The first kappa shape index (κ1) is 22.5. The van der Waals surface area contributed by atoms with Gasteiger partial charge in [0.2, 0.25) is 5.82 Å². The van der Waals surface area contributed by atoms with Crippen LogP contribution in [-0.4, -0.2) is 19.3 Å². The Hall–Kier alpha value is -2.14. The number of rotatable bonds is 10. The van der Waals surface area contributed by atoms with Crippen LogP contribution < -0.4 is 9.47 Å². The first-order chi connectivity index (χ1) is 14.6. The third kappa shape index (κ3) is 5.94. The van der Waals surface area contributed by atoms with E-state index < -0.39 is 11.6 Å². The lowest BCUT2D eigenvalue weighted by molar-refractivity contribution is -0.00112. The molecule has 2 aromatic carbocycles. The zero-order valence-electron chi connectivity index (χ0n) is 18.0. The minimum Gasteiger partial charge on any atom is -0.490 e. The number of halogens is 2. The minimum atomic E-state index is -0.957. The van der Waals surface area contributed by atoms with Crippen molar-refractivity contribution in [1.29, 1.82) is 0 Å². The Labute approximate surface area is 178 Å². The van der Waals surface area contributed by atoms with E-state index in [0.717, 1.165) is 45.1 Å². The van der Waals surface area contributed by atoms with E-state index in [0.29, 0.717) is 24.4 Å². The fraction of sp³-hybridized carbons (Fsp3) is 0.520. The van der Waals surface area contributed by atoms with Gasteiger partial charge in [0.25, 0.3) is 0 Å². The smallest absolute Gasteiger partial charge is 0.201 e. The molecule has 1 aliphatic heterocycles. The maximum Gasteiger partial charge on any atom is 0.201 e. The van der Waals surface area contributed by atoms with E-state index in [2.05, 4.69) is 6.92 Å². The van der Waals surface area contributed by atoms with Gasteiger partial charge in [-0.3, -0.25) is 0 Å². The van der Waals surface area contributed by atoms with Crippen LogP contribution in [0.25, 0.3) is 0 Å². The monoisotopic (exact) mass is 418 g/mol.